The molecule has 0 bridgehead atoms. The molecule has 1 aliphatic heterocycles. The van der Waals surface area contributed by atoms with E-state index in [4.69, 9.17) is 28.4 Å². The molecule has 31 heavy (non-hydrogen) atoms. The zero-order valence-electron chi connectivity index (χ0n) is 19.5. The normalized spacial score (nSPS) is 18.6. The lowest BCUT2D eigenvalue weighted by Crippen LogP contribution is -2.62. The minimum atomic E-state index is -1.50. The molecule has 0 aromatic heterocycles. The third kappa shape index (κ3) is 5.04. The van der Waals surface area contributed by atoms with E-state index in [1.165, 1.54) is 45.7 Å². The van der Waals surface area contributed by atoms with Gasteiger partial charge >= 0.3 is 12.2 Å². The van der Waals surface area contributed by atoms with Crippen LogP contribution in [0.4, 0.5) is 9.59 Å². The van der Waals surface area contributed by atoms with Crippen LogP contribution in [-0.2, 0) is 28.4 Å². The van der Waals surface area contributed by atoms with E-state index in [2.05, 4.69) is 4.99 Å². The fourth-order valence-electron chi connectivity index (χ4n) is 3.16. The topological polar surface area (TPSA) is 105 Å². The van der Waals surface area contributed by atoms with Gasteiger partial charge in [-0.05, 0) is 27.7 Å². The summed E-state index contributed by atoms with van der Waals surface area (Å²) in [5, 5.41) is 1.60. The molecular formula is C19H34N3O8S+. The Hall–Kier alpha value is -1.70. The zero-order valence-corrected chi connectivity index (χ0v) is 20.3. The Labute approximate surface area is 187 Å². The van der Waals surface area contributed by atoms with Gasteiger partial charge in [-0.15, -0.1) is 5.01 Å². The molecule has 0 aromatic carbocycles. The first-order chi connectivity index (χ1) is 14.8. The van der Waals surface area contributed by atoms with Gasteiger partial charge in [0.25, 0.3) is 11.6 Å². The molecule has 12 heteroatoms. The molecule has 0 saturated heterocycles. The second-order valence-corrected chi connectivity index (χ2v) is 7.32. The fourth-order valence-corrected chi connectivity index (χ4v) is 4.32. The lowest BCUT2D eigenvalue weighted by molar-refractivity contribution is -0.835. The number of aliphatic imine (C=N–C) groups is 1. The quantitative estimate of drug-likeness (QED) is 0.209. The van der Waals surface area contributed by atoms with E-state index >= 15 is 0 Å². The summed E-state index contributed by atoms with van der Waals surface area (Å²) in [4.78, 5) is 30.2. The van der Waals surface area contributed by atoms with Crippen molar-refractivity contribution in [1.29, 1.82) is 0 Å². The summed E-state index contributed by atoms with van der Waals surface area (Å²) in [6.07, 6.45) is 1.63. The summed E-state index contributed by atoms with van der Waals surface area (Å²) in [6.45, 7) is 7.55. The van der Waals surface area contributed by atoms with Gasteiger partial charge in [0.05, 0.1) is 26.0 Å². The van der Waals surface area contributed by atoms with Crippen molar-refractivity contribution in [2.75, 3.05) is 54.7 Å². The predicted octanol–water partition coefficient (Wildman–Crippen LogP) is 2.93. The molecule has 0 saturated carbocycles. The molecule has 1 atom stereocenters. The van der Waals surface area contributed by atoms with Crippen molar-refractivity contribution in [3.63, 3.8) is 0 Å². The fraction of sp³-hybridized carbons (Fsp3) is 0.737. The molecule has 1 heterocycles. The standard InChI is InChI=1S/C19H34N3O8S/c1-9-21(16(23)29-11-3)22(10-2,17(24)30-12-4)31-15-13-18(25-5,26-6)19(27-7,28-8)14-20-15/h13-14H,9-12H2,1-8H3/q+1. The smallest absolute Gasteiger partial charge is 0.447 e. The molecule has 1 aliphatic rings. The maximum Gasteiger partial charge on any atom is 0.554 e. The van der Waals surface area contributed by atoms with Crippen molar-refractivity contribution in [3.8, 4) is 0 Å². The van der Waals surface area contributed by atoms with Crippen molar-refractivity contribution < 1.29 is 42.0 Å². The molecule has 0 aliphatic carbocycles. The maximum atomic E-state index is 13.1. The highest BCUT2D eigenvalue weighted by atomic mass is 32.2. The maximum absolute atomic E-state index is 13.1. The molecule has 0 fully saturated rings. The number of ether oxygens (including phenoxy) is 6. The van der Waals surface area contributed by atoms with Crippen LogP contribution in [0.15, 0.2) is 16.1 Å². The number of methoxy groups -OCH3 is 4. The van der Waals surface area contributed by atoms with Crippen LogP contribution in [0.3, 0.4) is 0 Å². The monoisotopic (exact) mass is 464 g/mol. The van der Waals surface area contributed by atoms with Gasteiger partial charge in [-0.25, -0.2) is 9.79 Å². The molecule has 178 valence electrons. The number of hydrogen-bond acceptors (Lipinski definition) is 10. The van der Waals surface area contributed by atoms with Crippen LogP contribution in [0.25, 0.3) is 0 Å². The van der Waals surface area contributed by atoms with Gasteiger partial charge in [0, 0.05) is 34.5 Å². The molecule has 0 aromatic rings. The highest BCUT2D eigenvalue weighted by molar-refractivity contribution is 7.98. The van der Waals surface area contributed by atoms with Crippen LogP contribution in [-0.4, -0.2) is 93.7 Å². The number of carbonyl (C=O) groups excluding carboxylic acids is 2. The predicted molar refractivity (Wildman–Crippen MR) is 115 cm³/mol. The molecule has 1 rings (SSSR count). The lowest BCUT2D eigenvalue weighted by Gasteiger charge is -2.44. The van der Waals surface area contributed by atoms with Gasteiger partial charge < -0.3 is 28.4 Å². The van der Waals surface area contributed by atoms with E-state index in [1.54, 1.807) is 27.7 Å². The van der Waals surface area contributed by atoms with Crippen molar-refractivity contribution in [3.05, 3.63) is 11.1 Å². The summed E-state index contributed by atoms with van der Waals surface area (Å²) in [7, 11) is 5.72. The average Bonchev–Trinajstić information content (AvgIpc) is 2.78. The molecule has 2 amide bonds. The van der Waals surface area contributed by atoms with Gasteiger partial charge in [-0.3, -0.25) is 0 Å². The van der Waals surface area contributed by atoms with Crippen molar-refractivity contribution in [2.24, 2.45) is 4.99 Å². The Balaban J connectivity index is 3.56. The van der Waals surface area contributed by atoms with Crippen molar-refractivity contribution in [1.82, 2.24) is 5.01 Å². The number of carbonyl (C=O) groups is 2. The van der Waals surface area contributed by atoms with E-state index in [0.717, 1.165) is 11.9 Å². The van der Waals surface area contributed by atoms with E-state index in [9.17, 15) is 9.59 Å². The zero-order chi connectivity index (χ0) is 23.7. The SMILES string of the molecule is CCOC(=O)N(CC)[N+](CC)(SC1=CC(OC)(OC)C(OC)(OC)C=N1)C(=O)OCC. The van der Waals surface area contributed by atoms with Crippen LogP contribution >= 0.6 is 11.9 Å². The minimum absolute atomic E-state index is 0.138. The van der Waals surface area contributed by atoms with E-state index < -0.39 is 27.8 Å². The summed E-state index contributed by atoms with van der Waals surface area (Å²) >= 11 is 0.983. The van der Waals surface area contributed by atoms with Gasteiger partial charge in [0.2, 0.25) is 0 Å². The minimum Gasteiger partial charge on any atom is -0.447 e. The lowest BCUT2D eigenvalue weighted by atomic mass is 10.0. The van der Waals surface area contributed by atoms with E-state index in [0.29, 0.717) is 5.03 Å². The number of amides is 2. The molecule has 0 N–H and O–H groups in total. The first-order valence-corrected chi connectivity index (χ1v) is 10.7. The van der Waals surface area contributed by atoms with Crippen molar-refractivity contribution >= 4 is 30.3 Å². The summed E-state index contributed by atoms with van der Waals surface area (Å²) in [5.74, 6) is -2.96. The molecule has 0 spiro atoms. The van der Waals surface area contributed by atoms with Gasteiger partial charge in [-0.1, -0.05) is 4.00 Å². The van der Waals surface area contributed by atoms with Gasteiger partial charge in [-0.2, -0.15) is 4.79 Å². The van der Waals surface area contributed by atoms with Crippen LogP contribution < -0.4 is 0 Å². The highest BCUT2D eigenvalue weighted by Gasteiger charge is 2.57. The Morgan fingerprint density at radius 2 is 1.52 bits per heavy atom. The summed E-state index contributed by atoms with van der Waals surface area (Å²) in [6, 6.07) is 0. The third-order valence-electron chi connectivity index (χ3n) is 4.77. The summed E-state index contributed by atoms with van der Waals surface area (Å²) in [5.41, 5.74) is 0. The van der Waals surface area contributed by atoms with Crippen molar-refractivity contribution in [2.45, 2.75) is 39.3 Å². The van der Waals surface area contributed by atoms with Gasteiger partial charge in [0.1, 0.15) is 6.54 Å². The van der Waals surface area contributed by atoms with Crippen LogP contribution in [0, 0.1) is 0 Å². The largest absolute Gasteiger partial charge is 0.554 e. The average molecular weight is 465 g/mol. The van der Waals surface area contributed by atoms with E-state index in [1.807, 2.05) is 0 Å². The number of hydrogen-bond donors (Lipinski definition) is 0. The van der Waals surface area contributed by atoms with Crippen LogP contribution in [0.5, 0.6) is 0 Å². The molecule has 0 radical (unpaired) electrons. The Kier molecular flexibility index (Phi) is 10.4. The number of rotatable bonds is 10. The molecule has 1 unspecified atom stereocenters. The molecule has 11 nitrogen and oxygen atoms in total. The third-order valence-corrected chi connectivity index (χ3v) is 6.09. The highest BCUT2D eigenvalue weighted by Crippen LogP contribution is 2.42. The van der Waals surface area contributed by atoms with E-state index in [-0.39, 0.29) is 26.3 Å². The first-order valence-electron chi connectivity index (χ1n) is 9.94. The Morgan fingerprint density at radius 1 is 0.968 bits per heavy atom. The molecular weight excluding hydrogens is 430 g/mol. The van der Waals surface area contributed by atoms with Gasteiger partial charge in [0.15, 0.2) is 17.0 Å². The number of quaternary nitrogens is 1. The first kappa shape index (κ1) is 27.3. The summed E-state index contributed by atoms with van der Waals surface area (Å²) < 4.78 is 32.1. The van der Waals surface area contributed by atoms with Crippen LogP contribution in [0.1, 0.15) is 27.7 Å². The number of nitrogens with zero attached hydrogens (tertiary/aromatic N) is 3. The second kappa shape index (κ2) is 11.8. The van der Waals surface area contributed by atoms with Crippen LogP contribution in [0.2, 0.25) is 0 Å². The second-order valence-electron chi connectivity index (χ2n) is 6.11. The Morgan fingerprint density at radius 3 is 1.94 bits per heavy atom. The Bertz CT molecular complexity index is 679.